The summed E-state index contributed by atoms with van der Waals surface area (Å²) in [7, 11) is -34.6. The van der Waals surface area contributed by atoms with Crippen LogP contribution in [0, 0.1) is 81.4 Å². The lowest BCUT2D eigenvalue weighted by Gasteiger charge is -2.14. The van der Waals surface area contributed by atoms with Gasteiger partial charge in [-0.3, -0.25) is 0 Å². The molecule has 0 aliphatic heterocycles. The second kappa shape index (κ2) is 40.4. The van der Waals surface area contributed by atoms with Crippen LogP contribution in [0.5, 0.6) is 0 Å². The number of benzene rings is 12. The third kappa shape index (κ3) is 22.6. The summed E-state index contributed by atoms with van der Waals surface area (Å²) in [6, 6.07) is 54.8. The fourth-order valence-electron chi connectivity index (χ4n) is 12.0. The average Bonchev–Trinajstić information content (AvgIpc) is 0.776. The first-order chi connectivity index (χ1) is 58.4. The van der Waals surface area contributed by atoms with E-state index in [0.29, 0.717) is 32.1 Å². The molecule has 0 unspecified atom stereocenters. The van der Waals surface area contributed by atoms with Crippen LogP contribution in [0.2, 0.25) is 0 Å². The van der Waals surface area contributed by atoms with Crippen molar-refractivity contribution in [3.8, 4) is 0 Å². The predicted molar refractivity (Wildman–Crippen MR) is 449 cm³/mol. The Bertz CT molecular complexity index is 6430. The van der Waals surface area contributed by atoms with Crippen LogP contribution in [0.15, 0.2) is 330 Å². The molecule has 0 aliphatic rings. The van der Waals surface area contributed by atoms with Crippen LogP contribution in [0.1, 0.15) is 48.5 Å². The minimum atomic E-state index is -4.29. The van der Waals surface area contributed by atoms with Crippen molar-refractivity contribution in [3.63, 3.8) is 0 Å². The molecule has 0 saturated heterocycles. The molecule has 14 nitrogen and oxygen atoms in total. The zero-order valence-corrected chi connectivity index (χ0v) is 75.8. The molecule has 0 aromatic heterocycles. The van der Waals surface area contributed by atoms with Gasteiger partial charge in [0.05, 0.1) is 71.3 Å². The molecule has 0 spiro atoms. The maximum absolute atomic E-state index is 15.0. The van der Waals surface area contributed by atoms with E-state index >= 15 is 0 Å². The van der Waals surface area contributed by atoms with Crippen LogP contribution in [0.4, 0.5) is 61.5 Å². The van der Waals surface area contributed by atoms with Gasteiger partial charge in [0.25, 0.3) is 0 Å². The Balaban J connectivity index is 0.000000190. The Morgan fingerprint density at radius 1 is 0.208 bits per heavy atom. The highest BCUT2D eigenvalue weighted by atomic mass is 32.2. The largest absolute Gasteiger partial charge is 0.224 e. The summed E-state index contributed by atoms with van der Waals surface area (Å²) in [6.07, 6.45) is 1.31. The van der Waals surface area contributed by atoms with Crippen LogP contribution in [0.3, 0.4) is 0 Å². The summed E-state index contributed by atoms with van der Waals surface area (Å²) in [6.45, 7) is 9.00. The molecule has 0 amide bonds. The number of rotatable bonds is 24. The van der Waals surface area contributed by atoms with Crippen molar-refractivity contribution in [2.45, 2.75) is 152 Å². The van der Waals surface area contributed by atoms with Crippen molar-refractivity contribution >= 4 is 112 Å². The van der Waals surface area contributed by atoms with Gasteiger partial charge in [-0.25, -0.2) is 120 Å². The van der Waals surface area contributed by atoms with Gasteiger partial charge in [0.2, 0.25) is 0 Å². The van der Waals surface area contributed by atoms with E-state index in [-0.39, 0.29) is 35.1 Å². The minimum absolute atomic E-state index is 0.0730. The van der Waals surface area contributed by atoms with E-state index < -0.39 is 250 Å². The topological polar surface area (TPSA) is 239 Å². The summed E-state index contributed by atoms with van der Waals surface area (Å²) in [4.78, 5) is -4.42. The van der Waals surface area contributed by atoms with Crippen LogP contribution >= 0.6 is 0 Å². The quantitative estimate of drug-likeness (QED) is 0.0404. The first-order valence-corrected chi connectivity index (χ1v) is 53.3. The lowest BCUT2D eigenvalue weighted by molar-refractivity contribution is 0.509. The van der Waals surface area contributed by atoms with Crippen molar-refractivity contribution in [3.05, 3.63) is 318 Å². The first kappa shape index (κ1) is 99.5. The third-order valence-electron chi connectivity index (χ3n) is 18.0. The molecule has 0 N–H and O–H groups in total. The molecule has 0 fully saturated rings. The van der Waals surface area contributed by atoms with Gasteiger partial charge in [0.1, 0.15) is 116 Å². The second-order valence-electron chi connectivity index (χ2n) is 27.2. The van der Waals surface area contributed by atoms with Crippen LogP contribution in [-0.2, 0) is 112 Å². The fourth-order valence-corrected chi connectivity index (χ4v) is 27.5. The van der Waals surface area contributed by atoms with Gasteiger partial charge in [-0.15, -0.1) is 0 Å². The van der Waals surface area contributed by atoms with E-state index in [9.17, 15) is 120 Å². The molecule has 0 aliphatic carbocycles. The molecule has 12 aromatic carbocycles. The Morgan fingerprint density at radius 3 is 0.464 bits per heavy atom. The van der Waals surface area contributed by atoms with E-state index in [1.807, 2.05) is 60.7 Å². The van der Waals surface area contributed by atoms with E-state index in [1.54, 1.807) is 91.0 Å². The highest BCUT2D eigenvalue weighted by molar-refractivity contribution is 7.98. The highest BCUT2D eigenvalue weighted by Crippen LogP contribution is 2.42. The average molecular weight is 1950 g/mol. The molecular formula is C86H74F14O14S11+4. The number of halogens is 14. The third-order valence-corrected chi connectivity index (χ3v) is 38.6. The molecule has 0 saturated carbocycles. The van der Waals surface area contributed by atoms with Crippen LogP contribution < -0.4 is 0 Å². The SMILES string of the molecule is CC(C)S(=O)(=O)c1c(F)cc([S+](c2ccccc2)c2cc(F)c(S(=O)(=O)C(C)C)c(F)c2)cc1F.CCS(=O)(=O)c1c(F)cc([S+](c2ccccc2)c2cc(F)c(S(=O)(=O)CC)c(F)c2)cc1F.CCS(=O)(=O)c1c(F)cc([S+](c2ccccc2)c2ccccc2)cc1F.CS(=O)(=O)c1c(F)cc([S+](c2ccccc2)c2cc(F)c(S(C)(=O)=O)c(F)c2)cc1F. The Labute approximate surface area is 726 Å². The Hall–Kier alpha value is -9.29. The predicted octanol–water partition coefficient (Wildman–Crippen LogP) is 19.6. The van der Waals surface area contributed by atoms with E-state index in [0.717, 1.165) is 94.7 Å². The van der Waals surface area contributed by atoms with Gasteiger partial charge < -0.3 is 0 Å². The summed E-state index contributed by atoms with van der Waals surface area (Å²) >= 11 is 0. The molecule has 0 atom stereocenters. The number of sulfone groups is 7. The standard InChI is InChI=1S/C24H23F4O4S3.C22H19F4O4S3.C20H15F4O4S3.C20H17F2O2S2/c1-14(2)34(29,30)23-19(25)10-17(11-20(23)26)33(16-8-6-5-7-9-16)18-12-21(27)24(22(28)13-18)35(31,32)15(3)4;1-3-32(27,28)21-17(23)10-15(11-18(21)24)31(14-8-6-5-7-9-14)16-12-19(25)22(20(26)13-16)33(29,30)4-2;1-30(25,26)19-15(21)8-13(9-16(19)22)29(12-6-4-3-5-7-12)14-10-17(23)20(18(24)11-14)31(2,27)28;1-2-26(23,24)20-18(21)13-17(14-19(20)22)25(15-9-5-3-6-10-15)16-11-7-4-8-12-16/h5-15H,1-4H3;5-13H,3-4H2,1-2H3;3-11H,1-2H3;3-14H,2H2,1H3/q4*+1. The maximum Gasteiger partial charge on any atom is 0.186 e. The zero-order chi connectivity index (χ0) is 92.7. The summed E-state index contributed by atoms with van der Waals surface area (Å²) in [5.41, 5.74) is 0. The van der Waals surface area contributed by atoms with Crippen LogP contribution in [0.25, 0.3) is 0 Å². The van der Waals surface area contributed by atoms with Crippen molar-refractivity contribution in [2.75, 3.05) is 29.8 Å². The lowest BCUT2D eigenvalue weighted by atomic mass is 10.3. The van der Waals surface area contributed by atoms with E-state index in [4.69, 9.17) is 0 Å². The minimum Gasteiger partial charge on any atom is -0.224 e. The van der Waals surface area contributed by atoms with Gasteiger partial charge in [-0.2, -0.15) is 0 Å². The lowest BCUT2D eigenvalue weighted by Crippen LogP contribution is -2.19. The van der Waals surface area contributed by atoms with E-state index in [2.05, 4.69) is 0 Å². The normalized spacial score (nSPS) is 12.3. The van der Waals surface area contributed by atoms with Crippen LogP contribution in [-0.4, -0.2) is 99.2 Å². The summed E-state index contributed by atoms with van der Waals surface area (Å²) in [5, 5.41) is -2.16. The molecule has 12 aromatic rings. The van der Waals surface area contributed by atoms with Gasteiger partial charge >= 0.3 is 0 Å². The first-order valence-electron chi connectivity index (χ1n) is 36.6. The molecule has 0 bridgehead atoms. The molecule has 0 radical (unpaired) electrons. The maximum atomic E-state index is 15.0. The molecular weight excluding hydrogens is 1880 g/mol. The Kier molecular flexibility index (Phi) is 32.1. The summed E-state index contributed by atoms with van der Waals surface area (Å²) in [5.74, 6) is -19.5. The van der Waals surface area contributed by atoms with Crippen molar-refractivity contribution < 1.29 is 120 Å². The smallest absolute Gasteiger partial charge is 0.186 e. The molecule has 0 heterocycles. The highest BCUT2D eigenvalue weighted by Gasteiger charge is 2.42. The van der Waals surface area contributed by atoms with Crippen molar-refractivity contribution in [1.29, 1.82) is 0 Å². The summed E-state index contributed by atoms with van der Waals surface area (Å²) < 4.78 is 375. The fraction of sp³-hybridized carbons (Fsp3) is 0.163. The molecule has 39 heteroatoms. The van der Waals surface area contributed by atoms with Gasteiger partial charge in [-0.05, 0) is 88.4 Å². The monoisotopic (exact) mass is 1950 g/mol. The zero-order valence-electron chi connectivity index (χ0n) is 66.8. The molecule has 12 rings (SSSR count). The molecule has 662 valence electrons. The van der Waals surface area contributed by atoms with Gasteiger partial charge in [0.15, 0.2) is 128 Å². The van der Waals surface area contributed by atoms with Crippen molar-refractivity contribution in [2.24, 2.45) is 0 Å². The van der Waals surface area contributed by atoms with Gasteiger partial charge in [-0.1, -0.05) is 112 Å². The second-order valence-corrected chi connectivity index (χ2v) is 50.8. The van der Waals surface area contributed by atoms with E-state index in [1.165, 1.54) is 48.5 Å². The van der Waals surface area contributed by atoms with Gasteiger partial charge in [0, 0.05) is 97.4 Å². The molecule has 125 heavy (non-hydrogen) atoms. The van der Waals surface area contributed by atoms with Crippen molar-refractivity contribution in [1.82, 2.24) is 0 Å². The number of hydrogen-bond donors (Lipinski definition) is 0. The Morgan fingerprint density at radius 2 is 0.336 bits per heavy atom. The number of hydrogen-bond acceptors (Lipinski definition) is 14.